The average molecular weight is 446 g/mol. The van der Waals surface area contributed by atoms with E-state index in [1.807, 2.05) is 61.5 Å². The normalized spacial score (nSPS) is 16.5. The number of carbonyl (C=O) groups excluding carboxylic acids is 1. The highest BCUT2D eigenvalue weighted by atomic mass is 19.1. The molecule has 1 aromatic heterocycles. The number of halogens is 1. The lowest BCUT2D eigenvalue weighted by Crippen LogP contribution is -2.48. The van der Waals surface area contributed by atoms with Crippen molar-refractivity contribution in [3.63, 3.8) is 0 Å². The molecule has 7 heteroatoms. The summed E-state index contributed by atoms with van der Waals surface area (Å²) in [7, 11) is 1.78. The van der Waals surface area contributed by atoms with Crippen molar-refractivity contribution in [3.8, 4) is 0 Å². The van der Waals surface area contributed by atoms with Crippen molar-refractivity contribution < 1.29 is 9.18 Å². The van der Waals surface area contributed by atoms with E-state index in [1.54, 1.807) is 11.9 Å². The smallest absolute Gasteiger partial charge is 0.266 e. The number of benzene rings is 2. The molecule has 0 atom stereocenters. The van der Waals surface area contributed by atoms with E-state index in [9.17, 15) is 9.18 Å². The number of para-hydroxylation sites is 1. The molecule has 0 saturated carbocycles. The molecule has 5 rings (SSSR count). The number of rotatable bonds is 5. The first-order chi connectivity index (χ1) is 15.8. The Morgan fingerprint density at radius 2 is 1.73 bits per heavy atom. The van der Waals surface area contributed by atoms with Crippen LogP contribution in [-0.4, -0.2) is 40.5 Å². The molecule has 2 aliphatic rings. The zero-order valence-corrected chi connectivity index (χ0v) is 19.4. The van der Waals surface area contributed by atoms with Crippen molar-refractivity contribution in [2.24, 2.45) is 4.99 Å². The topological polar surface area (TPSA) is 52.9 Å². The zero-order chi connectivity index (χ0) is 23.3. The molecule has 1 N–H and O–H groups in total. The molecule has 2 aliphatic heterocycles. The Labute approximate surface area is 193 Å². The third-order valence-electron chi connectivity index (χ3n) is 6.32. The summed E-state index contributed by atoms with van der Waals surface area (Å²) in [5, 5.41) is 3.50. The van der Waals surface area contributed by atoms with Crippen LogP contribution in [0.4, 0.5) is 21.6 Å². The standard InChI is InChI=1S/C26H28FN5O/c1-17-22-21(24(33)30(4)25-29-26(2,3)16-32(22)25)23(28-20-8-6-5-7-9-20)31(17)15-19-12-10-18(14-27)11-13-19/h5-13,28H,14-16H2,1-4H3. The second-order valence-electron chi connectivity index (χ2n) is 9.36. The molecule has 0 aliphatic carbocycles. The van der Waals surface area contributed by atoms with Crippen LogP contribution in [0.15, 0.2) is 59.6 Å². The van der Waals surface area contributed by atoms with Crippen LogP contribution in [0.25, 0.3) is 0 Å². The van der Waals surface area contributed by atoms with Crippen molar-refractivity contribution in [3.05, 3.63) is 77.0 Å². The van der Waals surface area contributed by atoms with Gasteiger partial charge in [-0.1, -0.05) is 42.5 Å². The number of anilines is 3. The van der Waals surface area contributed by atoms with Gasteiger partial charge in [-0.25, -0.2) is 9.38 Å². The largest absolute Gasteiger partial charge is 0.341 e. The summed E-state index contributed by atoms with van der Waals surface area (Å²) in [4.78, 5) is 22.2. The molecule has 3 heterocycles. The molecule has 0 saturated heterocycles. The maximum atomic E-state index is 13.6. The SMILES string of the molecule is Cc1c2c(c(Nc3ccccc3)n1Cc1ccc(CF)cc1)C(=O)N(C)C1=NC(C)(C)CN12. The highest BCUT2D eigenvalue weighted by Gasteiger charge is 2.45. The van der Waals surface area contributed by atoms with E-state index in [0.717, 1.165) is 28.5 Å². The van der Waals surface area contributed by atoms with E-state index in [1.165, 1.54) is 0 Å². The molecule has 2 aromatic carbocycles. The Bertz CT molecular complexity index is 1240. The molecule has 0 bridgehead atoms. The predicted molar refractivity (Wildman–Crippen MR) is 130 cm³/mol. The van der Waals surface area contributed by atoms with Crippen molar-refractivity contribution in [2.75, 3.05) is 23.8 Å². The molecule has 1 amide bonds. The predicted octanol–water partition coefficient (Wildman–Crippen LogP) is 5.10. The van der Waals surface area contributed by atoms with E-state index in [0.29, 0.717) is 30.2 Å². The van der Waals surface area contributed by atoms with E-state index in [-0.39, 0.29) is 11.4 Å². The third-order valence-corrected chi connectivity index (χ3v) is 6.32. The molecule has 6 nitrogen and oxygen atoms in total. The number of amides is 1. The third kappa shape index (κ3) is 3.57. The lowest BCUT2D eigenvalue weighted by Gasteiger charge is -2.32. The number of aliphatic imine (C=N–C) groups is 1. The fraction of sp³-hybridized carbons (Fsp3) is 0.308. The van der Waals surface area contributed by atoms with Crippen LogP contribution in [0.3, 0.4) is 0 Å². The van der Waals surface area contributed by atoms with Crippen LogP contribution >= 0.6 is 0 Å². The molecule has 0 unspecified atom stereocenters. The number of alkyl halides is 1. The minimum absolute atomic E-state index is 0.0780. The van der Waals surface area contributed by atoms with Crippen LogP contribution in [0.1, 0.15) is 41.0 Å². The molecule has 0 spiro atoms. The maximum absolute atomic E-state index is 13.6. The molecule has 3 aromatic rings. The fourth-order valence-electron chi connectivity index (χ4n) is 4.68. The van der Waals surface area contributed by atoms with Gasteiger partial charge in [-0.05, 0) is 44.0 Å². The summed E-state index contributed by atoms with van der Waals surface area (Å²) < 4.78 is 15.1. The first kappa shape index (κ1) is 21.2. The van der Waals surface area contributed by atoms with Crippen LogP contribution < -0.4 is 10.2 Å². The summed E-state index contributed by atoms with van der Waals surface area (Å²) in [6, 6.07) is 17.4. The van der Waals surface area contributed by atoms with Gasteiger partial charge in [0.2, 0.25) is 5.96 Å². The van der Waals surface area contributed by atoms with E-state index in [2.05, 4.69) is 28.6 Å². The Morgan fingerprint density at radius 1 is 1.06 bits per heavy atom. The minimum Gasteiger partial charge on any atom is -0.341 e. The summed E-state index contributed by atoms with van der Waals surface area (Å²) in [6.07, 6.45) is 0. The lowest BCUT2D eigenvalue weighted by atomic mass is 10.1. The number of nitrogens with zero attached hydrogens (tertiary/aromatic N) is 4. The van der Waals surface area contributed by atoms with E-state index in [4.69, 9.17) is 4.99 Å². The summed E-state index contributed by atoms with van der Waals surface area (Å²) >= 11 is 0. The summed E-state index contributed by atoms with van der Waals surface area (Å²) in [6.45, 7) is 6.99. The summed E-state index contributed by atoms with van der Waals surface area (Å²) in [5.41, 5.74) is 4.86. The molecule has 0 fully saturated rings. The van der Waals surface area contributed by atoms with Crippen molar-refractivity contribution >= 4 is 29.1 Å². The Kier molecular flexibility index (Phi) is 5.00. The monoisotopic (exact) mass is 445 g/mol. The average Bonchev–Trinajstić information content (AvgIpc) is 3.27. The van der Waals surface area contributed by atoms with Crippen molar-refractivity contribution in [1.29, 1.82) is 0 Å². The van der Waals surface area contributed by atoms with Gasteiger partial charge in [-0.15, -0.1) is 0 Å². The molecule has 170 valence electrons. The van der Waals surface area contributed by atoms with Gasteiger partial charge >= 0.3 is 0 Å². The number of guanidine groups is 1. The minimum atomic E-state index is -0.481. The number of carbonyl (C=O) groups is 1. The fourth-order valence-corrected chi connectivity index (χ4v) is 4.68. The summed E-state index contributed by atoms with van der Waals surface area (Å²) in [5.74, 6) is 1.37. The first-order valence-corrected chi connectivity index (χ1v) is 11.1. The lowest BCUT2D eigenvalue weighted by molar-refractivity contribution is 0.0866. The maximum Gasteiger partial charge on any atom is 0.266 e. The molecule has 0 radical (unpaired) electrons. The van der Waals surface area contributed by atoms with E-state index < -0.39 is 6.67 Å². The van der Waals surface area contributed by atoms with Gasteiger partial charge in [0.1, 0.15) is 18.1 Å². The quantitative estimate of drug-likeness (QED) is 0.595. The molecular formula is C26H28FN5O. The van der Waals surface area contributed by atoms with Crippen LogP contribution in [0, 0.1) is 6.92 Å². The number of hydrogen-bond acceptors (Lipinski definition) is 4. The van der Waals surface area contributed by atoms with Gasteiger partial charge in [0.05, 0.1) is 17.8 Å². The Morgan fingerprint density at radius 3 is 2.39 bits per heavy atom. The zero-order valence-electron chi connectivity index (χ0n) is 19.4. The molecule has 33 heavy (non-hydrogen) atoms. The van der Waals surface area contributed by atoms with Crippen molar-refractivity contribution in [1.82, 2.24) is 9.47 Å². The second-order valence-corrected chi connectivity index (χ2v) is 9.36. The van der Waals surface area contributed by atoms with Crippen LogP contribution in [0.2, 0.25) is 0 Å². The highest BCUT2D eigenvalue weighted by Crippen LogP contribution is 2.43. The second kappa shape index (κ2) is 7.76. The molecular weight excluding hydrogens is 417 g/mol. The highest BCUT2D eigenvalue weighted by molar-refractivity contribution is 6.22. The number of hydrogen-bond donors (Lipinski definition) is 1. The van der Waals surface area contributed by atoms with Gasteiger partial charge in [-0.3, -0.25) is 9.69 Å². The van der Waals surface area contributed by atoms with E-state index >= 15 is 0 Å². The van der Waals surface area contributed by atoms with Gasteiger partial charge < -0.3 is 14.8 Å². The van der Waals surface area contributed by atoms with Crippen LogP contribution in [-0.2, 0) is 13.2 Å². The first-order valence-electron chi connectivity index (χ1n) is 11.1. The van der Waals surface area contributed by atoms with Crippen LogP contribution in [0.5, 0.6) is 0 Å². The number of fused-ring (bicyclic) bond motifs is 3. The van der Waals surface area contributed by atoms with Gasteiger partial charge in [0.15, 0.2) is 0 Å². The number of nitrogens with one attached hydrogen (secondary N) is 1. The van der Waals surface area contributed by atoms with Gasteiger partial charge in [-0.2, -0.15) is 0 Å². The Balaban J connectivity index is 1.67. The Hall–Kier alpha value is -3.61. The van der Waals surface area contributed by atoms with Gasteiger partial charge in [0, 0.05) is 25.0 Å². The van der Waals surface area contributed by atoms with Gasteiger partial charge in [0.25, 0.3) is 5.91 Å². The number of aromatic nitrogens is 1. The van der Waals surface area contributed by atoms with Crippen molar-refractivity contribution in [2.45, 2.75) is 39.5 Å².